The minimum Gasteiger partial charge on any atom is -0.310 e. The van der Waals surface area contributed by atoms with Crippen molar-refractivity contribution in [2.75, 3.05) is 4.90 Å². The van der Waals surface area contributed by atoms with Gasteiger partial charge in [-0.2, -0.15) is 0 Å². The van der Waals surface area contributed by atoms with Gasteiger partial charge in [-0.25, -0.2) is 0 Å². The average Bonchev–Trinajstić information content (AvgIpc) is 3.27. The van der Waals surface area contributed by atoms with Crippen molar-refractivity contribution in [3.8, 4) is 44.5 Å². The zero-order valence-corrected chi connectivity index (χ0v) is 30.3. The first-order valence-electron chi connectivity index (χ1n) is 18.9. The molecule has 10 rings (SSSR count). The molecular formula is C54H37N. The number of hydrogen-bond acceptors (Lipinski definition) is 1. The Bertz CT molecular complexity index is 2960. The molecule has 0 atom stereocenters. The molecule has 0 bridgehead atoms. The molecule has 0 aromatic heterocycles. The summed E-state index contributed by atoms with van der Waals surface area (Å²) in [6, 6.07) is 81.5. The van der Waals surface area contributed by atoms with Crippen LogP contribution < -0.4 is 4.90 Å². The number of fused-ring (bicyclic) bond motifs is 4. The summed E-state index contributed by atoms with van der Waals surface area (Å²) in [5, 5.41) is 7.49. The predicted octanol–water partition coefficient (Wildman–Crippen LogP) is 15.3. The van der Waals surface area contributed by atoms with E-state index < -0.39 is 0 Å². The molecule has 0 saturated carbocycles. The van der Waals surface area contributed by atoms with E-state index >= 15 is 0 Å². The third-order valence-corrected chi connectivity index (χ3v) is 10.8. The largest absolute Gasteiger partial charge is 0.310 e. The van der Waals surface area contributed by atoms with Gasteiger partial charge in [-0.1, -0.05) is 182 Å². The van der Waals surface area contributed by atoms with Crippen LogP contribution in [0.3, 0.4) is 0 Å². The molecule has 0 unspecified atom stereocenters. The van der Waals surface area contributed by atoms with Crippen molar-refractivity contribution in [1.82, 2.24) is 0 Å². The smallest absolute Gasteiger partial charge is 0.0540 e. The summed E-state index contributed by atoms with van der Waals surface area (Å²) < 4.78 is 0. The number of nitrogens with zero attached hydrogens (tertiary/aromatic N) is 1. The van der Waals surface area contributed by atoms with Crippen LogP contribution in [0.4, 0.5) is 17.1 Å². The van der Waals surface area contributed by atoms with Crippen molar-refractivity contribution < 1.29 is 0 Å². The fourth-order valence-electron chi connectivity index (χ4n) is 8.08. The van der Waals surface area contributed by atoms with Crippen LogP contribution in [-0.4, -0.2) is 0 Å². The quantitative estimate of drug-likeness (QED) is 0.150. The third-order valence-electron chi connectivity index (χ3n) is 10.8. The Morgan fingerprint density at radius 3 is 1.53 bits per heavy atom. The normalized spacial score (nSPS) is 11.3. The van der Waals surface area contributed by atoms with E-state index in [1.165, 1.54) is 76.8 Å². The Hall–Kier alpha value is -7.22. The first kappa shape index (κ1) is 32.4. The zero-order valence-electron chi connectivity index (χ0n) is 30.3. The van der Waals surface area contributed by atoms with E-state index in [0.717, 1.165) is 17.1 Å². The first-order chi connectivity index (χ1) is 27.3. The molecule has 0 N–H and O–H groups in total. The fraction of sp³-hybridized carbons (Fsp3) is 0. The van der Waals surface area contributed by atoms with Crippen molar-refractivity contribution in [3.63, 3.8) is 0 Å². The van der Waals surface area contributed by atoms with Crippen molar-refractivity contribution in [2.24, 2.45) is 0 Å². The van der Waals surface area contributed by atoms with E-state index in [1.807, 2.05) is 0 Å². The monoisotopic (exact) mass is 699 g/mol. The van der Waals surface area contributed by atoms with Crippen LogP contribution in [-0.2, 0) is 0 Å². The standard InChI is InChI=1S/C54H37N/c1-2-13-38(14-3-1)40-25-27-41(28-26-40)42-31-33-47(34-32-42)55(48-19-12-18-44(36-48)45-30-29-39-15-4-5-16-43(39)35-45)54-24-11-10-23-52(54)53-37-46-17-6-7-20-49(46)50-21-8-9-22-51(50)53/h1-37H. The number of para-hydroxylation sites is 1. The van der Waals surface area contributed by atoms with E-state index in [9.17, 15) is 0 Å². The van der Waals surface area contributed by atoms with Crippen LogP contribution in [0.5, 0.6) is 0 Å². The first-order valence-corrected chi connectivity index (χ1v) is 18.9. The number of anilines is 3. The van der Waals surface area contributed by atoms with E-state index in [0.29, 0.717) is 0 Å². The Kier molecular flexibility index (Phi) is 8.24. The van der Waals surface area contributed by atoms with Gasteiger partial charge >= 0.3 is 0 Å². The number of benzene rings is 10. The molecule has 0 radical (unpaired) electrons. The second-order valence-corrected chi connectivity index (χ2v) is 14.1. The van der Waals surface area contributed by atoms with Crippen LogP contribution in [0.15, 0.2) is 224 Å². The van der Waals surface area contributed by atoms with Crippen LogP contribution in [0, 0.1) is 0 Å². The molecule has 0 aliphatic carbocycles. The molecule has 0 heterocycles. The molecule has 10 aromatic carbocycles. The van der Waals surface area contributed by atoms with Gasteiger partial charge in [0, 0.05) is 16.9 Å². The maximum absolute atomic E-state index is 2.42. The Morgan fingerprint density at radius 1 is 0.236 bits per heavy atom. The van der Waals surface area contributed by atoms with E-state index in [4.69, 9.17) is 0 Å². The Labute approximate surface area is 322 Å². The Morgan fingerprint density at radius 2 is 0.764 bits per heavy atom. The summed E-state index contributed by atoms with van der Waals surface area (Å²) in [6.45, 7) is 0. The third kappa shape index (κ3) is 6.12. The molecule has 0 aliphatic rings. The molecule has 55 heavy (non-hydrogen) atoms. The molecule has 1 heteroatoms. The zero-order chi connectivity index (χ0) is 36.6. The van der Waals surface area contributed by atoms with E-state index in [1.54, 1.807) is 0 Å². The van der Waals surface area contributed by atoms with Crippen molar-refractivity contribution in [1.29, 1.82) is 0 Å². The van der Waals surface area contributed by atoms with Gasteiger partial charge in [0.15, 0.2) is 0 Å². The van der Waals surface area contributed by atoms with Crippen LogP contribution >= 0.6 is 0 Å². The summed E-state index contributed by atoms with van der Waals surface area (Å²) in [4.78, 5) is 2.42. The predicted molar refractivity (Wildman–Crippen MR) is 235 cm³/mol. The number of rotatable bonds is 7. The fourth-order valence-corrected chi connectivity index (χ4v) is 8.08. The molecule has 1 nitrogen and oxygen atoms in total. The van der Waals surface area contributed by atoms with Gasteiger partial charge < -0.3 is 4.90 Å². The highest BCUT2D eigenvalue weighted by Crippen LogP contribution is 2.45. The summed E-state index contributed by atoms with van der Waals surface area (Å²) in [5.41, 5.74) is 12.9. The van der Waals surface area contributed by atoms with E-state index in [2.05, 4.69) is 229 Å². The minimum atomic E-state index is 1.10. The summed E-state index contributed by atoms with van der Waals surface area (Å²) >= 11 is 0. The van der Waals surface area contributed by atoms with E-state index in [-0.39, 0.29) is 0 Å². The summed E-state index contributed by atoms with van der Waals surface area (Å²) in [7, 11) is 0. The highest BCUT2D eigenvalue weighted by molar-refractivity contribution is 6.15. The molecule has 0 spiro atoms. The van der Waals surface area contributed by atoms with Crippen molar-refractivity contribution in [2.45, 2.75) is 0 Å². The SMILES string of the molecule is c1ccc(-c2ccc(-c3ccc(N(c4cccc(-c5ccc6ccccc6c5)c4)c4ccccc4-c4cc5ccccc5c5ccccc45)cc3)cc2)cc1. The lowest BCUT2D eigenvalue weighted by Gasteiger charge is -2.29. The average molecular weight is 700 g/mol. The van der Waals surface area contributed by atoms with Gasteiger partial charge in [0.2, 0.25) is 0 Å². The Balaban J connectivity index is 1.12. The second-order valence-electron chi connectivity index (χ2n) is 14.1. The minimum absolute atomic E-state index is 1.10. The maximum atomic E-state index is 2.42. The van der Waals surface area contributed by atoms with Gasteiger partial charge in [-0.15, -0.1) is 0 Å². The topological polar surface area (TPSA) is 3.24 Å². The van der Waals surface area contributed by atoms with Crippen molar-refractivity contribution in [3.05, 3.63) is 224 Å². The lowest BCUT2D eigenvalue weighted by molar-refractivity contribution is 1.28. The van der Waals surface area contributed by atoms with Crippen molar-refractivity contribution >= 4 is 49.4 Å². The lowest BCUT2D eigenvalue weighted by Crippen LogP contribution is -2.11. The van der Waals surface area contributed by atoms with Crippen LogP contribution in [0.1, 0.15) is 0 Å². The molecule has 0 amide bonds. The molecular weight excluding hydrogens is 663 g/mol. The van der Waals surface area contributed by atoms with Gasteiger partial charge in [0.1, 0.15) is 0 Å². The van der Waals surface area contributed by atoms with Gasteiger partial charge in [0.05, 0.1) is 5.69 Å². The number of hydrogen-bond donors (Lipinski definition) is 0. The van der Waals surface area contributed by atoms with Gasteiger partial charge in [0.25, 0.3) is 0 Å². The van der Waals surface area contributed by atoms with Crippen LogP contribution in [0.2, 0.25) is 0 Å². The molecule has 0 saturated heterocycles. The highest BCUT2D eigenvalue weighted by Gasteiger charge is 2.20. The van der Waals surface area contributed by atoms with Crippen LogP contribution in [0.25, 0.3) is 76.8 Å². The molecule has 0 aliphatic heterocycles. The molecule has 10 aromatic rings. The summed E-state index contributed by atoms with van der Waals surface area (Å²) in [5.74, 6) is 0. The molecule has 0 fully saturated rings. The second kappa shape index (κ2) is 14.0. The lowest BCUT2D eigenvalue weighted by atomic mass is 9.92. The van der Waals surface area contributed by atoms with Gasteiger partial charge in [-0.05, 0) is 114 Å². The summed E-state index contributed by atoms with van der Waals surface area (Å²) in [6.07, 6.45) is 0. The highest BCUT2D eigenvalue weighted by atomic mass is 15.1. The molecule has 258 valence electrons. The van der Waals surface area contributed by atoms with Gasteiger partial charge in [-0.3, -0.25) is 0 Å². The maximum Gasteiger partial charge on any atom is 0.0540 e.